The van der Waals surface area contributed by atoms with Crippen molar-refractivity contribution < 1.29 is 23.5 Å². The summed E-state index contributed by atoms with van der Waals surface area (Å²) in [6.45, 7) is 0.243. The third-order valence-corrected chi connectivity index (χ3v) is 5.91. The van der Waals surface area contributed by atoms with Crippen molar-refractivity contribution in [3.8, 4) is 5.75 Å². The van der Waals surface area contributed by atoms with E-state index >= 15 is 0 Å². The number of H-pyrrole nitrogens is 1. The molecule has 0 aliphatic heterocycles. The van der Waals surface area contributed by atoms with E-state index < -0.39 is 18.0 Å². The van der Waals surface area contributed by atoms with E-state index in [9.17, 15) is 14.0 Å². The minimum Gasteiger partial charge on any atom is -0.494 e. The van der Waals surface area contributed by atoms with Gasteiger partial charge in [-0.1, -0.05) is 54.6 Å². The van der Waals surface area contributed by atoms with Gasteiger partial charge >= 0.3 is 6.09 Å². The van der Waals surface area contributed by atoms with Gasteiger partial charge in [0.15, 0.2) is 11.6 Å². The van der Waals surface area contributed by atoms with Crippen molar-refractivity contribution in [2.24, 2.45) is 0 Å². The van der Waals surface area contributed by atoms with Gasteiger partial charge in [0.1, 0.15) is 12.6 Å². The molecule has 1 atom stereocenters. The van der Waals surface area contributed by atoms with Gasteiger partial charge in [0.25, 0.3) is 0 Å². The van der Waals surface area contributed by atoms with Crippen LogP contribution in [0.2, 0.25) is 0 Å². The average molecular weight is 490 g/mol. The van der Waals surface area contributed by atoms with Gasteiger partial charge in [-0.25, -0.2) is 9.18 Å². The molecule has 2 N–H and O–H groups in total. The smallest absolute Gasteiger partial charge is 0.408 e. The van der Waals surface area contributed by atoms with E-state index in [0.717, 1.165) is 22.0 Å². The summed E-state index contributed by atoms with van der Waals surface area (Å²) >= 11 is 0. The number of ether oxygens (including phenoxy) is 2. The van der Waals surface area contributed by atoms with Crippen LogP contribution in [0.15, 0.2) is 79.0 Å². The first kappa shape index (κ1) is 24.8. The minimum absolute atomic E-state index is 0.0850. The van der Waals surface area contributed by atoms with E-state index in [2.05, 4.69) is 10.3 Å². The number of aromatic amines is 1. The van der Waals surface area contributed by atoms with E-state index in [1.54, 1.807) is 13.1 Å². The number of alkyl carbamates (subject to hydrolysis) is 1. The summed E-state index contributed by atoms with van der Waals surface area (Å²) < 4.78 is 24.5. The summed E-state index contributed by atoms with van der Waals surface area (Å²) in [6.07, 6.45) is 1.40. The Balaban J connectivity index is 1.50. The quantitative estimate of drug-likeness (QED) is 0.353. The monoisotopic (exact) mass is 489 g/mol. The van der Waals surface area contributed by atoms with Gasteiger partial charge in [0.05, 0.1) is 7.11 Å². The number of likely N-dealkylation sites (N-methyl/N-ethyl adjacent to an activating group) is 1. The molecule has 0 fully saturated rings. The lowest BCUT2D eigenvalue weighted by Crippen LogP contribution is -2.48. The number of carbonyl (C=O) groups excluding carboxylic acids is 2. The van der Waals surface area contributed by atoms with Crippen LogP contribution in [0, 0.1) is 5.82 Å². The molecule has 0 saturated heterocycles. The average Bonchev–Trinajstić information content (AvgIpc) is 3.30. The van der Waals surface area contributed by atoms with Crippen molar-refractivity contribution in [2.75, 3.05) is 14.2 Å². The number of rotatable bonds is 9. The van der Waals surface area contributed by atoms with Crippen molar-refractivity contribution in [1.29, 1.82) is 0 Å². The van der Waals surface area contributed by atoms with Gasteiger partial charge in [0.2, 0.25) is 5.91 Å². The molecule has 4 aromatic rings. The zero-order valence-corrected chi connectivity index (χ0v) is 20.2. The van der Waals surface area contributed by atoms with Gasteiger partial charge in [-0.2, -0.15) is 0 Å². The number of methoxy groups -OCH3 is 1. The largest absolute Gasteiger partial charge is 0.494 e. The molecule has 0 unspecified atom stereocenters. The summed E-state index contributed by atoms with van der Waals surface area (Å²) in [7, 11) is 3.01. The molecular formula is C28H28FN3O4. The highest BCUT2D eigenvalue weighted by Gasteiger charge is 2.26. The first-order valence-corrected chi connectivity index (χ1v) is 11.5. The second-order valence-corrected chi connectivity index (χ2v) is 8.49. The van der Waals surface area contributed by atoms with Crippen LogP contribution in [0.5, 0.6) is 5.75 Å². The molecule has 0 radical (unpaired) electrons. The molecule has 0 spiro atoms. The number of halogens is 1. The summed E-state index contributed by atoms with van der Waals surface area (Å²) in [4.78, 5) is 30.8. The second kappa shape index (κ2) is 11.4. The molecule has 0 aliphatic carbocycles. The zero-order chi connectivity index (χ0) is 25.5. The molecule has 0 saturated carbocycles. The van der Waals surface area contributed by atoms with Crippen LogP contribution in [0.4, 0.5) is 9.18 Å². The molecule has 0 aliphatic rings. The Morgan fingerprint density at radius 3 is 2.53 bits per heavy atom. The Morgan fingerprint density at radius 1 is 1.03 bits per heavy atom. The third-order valence-electron chi connectivity index (χ3n) is 5.91. The second-order valence-electron chi connectivity index (χ2n) is 8.49. The molecule has 1 heterocycles. The predicted molar refractivity (Wildman–Crippen MR) is 135 cm³/mol. The Labute approximate surface area is 208 Å². The zero-order valence-electron chi connectivity index (χ0n) is 20.2. The number of fused-ring (bicyclic) bond motifs is 1. The highest BCUT2D eigenvalue weighted by atomic mass is 19.1. The molecule has 36 heavy (non-hydrogen) atoms. The molecule has 4 rings (SSSR count). The summed E-state index contributed by atoms with van der Waals surface area (Å²) in [5.74, 6) is -0.699. The van der Waals surface area contributed by atoms with Crippen molar-refractivity contribution in [2.45, 2.75) is 25.6 Å². The maximum atomic E-state index is 14.2. The lowest BCUT2D eigenvalue weighted by Gasteiger charge is -2.25. The number of amides is 2. The van der Waals surface area contributed by atoms with E-state index in [1.165, 1.54) is 24.1 Å². The van der Waals surface area contributed by atoms with Crippen LogP contribution in [-0.4, -0.2) is 42.1 Å². The molecule has 0 bridgehead atoms. The van der Waals surface area contributed by atoms with Crippen LogP contribution in [0.3, 0.4) is 0 Å². The Morgan fingerprint density at radius 2 is 1.78 bits per heavy atom. The summed E-state index contributed by atoms with van der Waals surface area (Å²) in [5.41, 5.74) is 3.26. The van der Waals surface area contributed by atoms with Crippen LogP contribution < -0.4 is 10.1 Å². The molecule has 186 valence electrons. The SMILES string of the molecule is COc1ccc(CN(C)C(=O)[C@H](Cc2c[nH]c3ccccc23)NC(=O)OCc2ccccc2)cc1F. The van der Waals surface area contributed by atoms with Gasteiger partial charge in [0, 0.05) is 37.1 Å². The number of carbonyl (C=O) groups is 2. The molecule has 2 amide bonds. The fourth-order valence-corrected chi connectivity index (χ4v) is 4.05. The Hall–Kier alpha value is -4.33. The highest BCUT2D eigenvalue weighted by molar-refractivity contribution is 5.88. The fourth-order valence-electron chi connectivity index (χ4n) is 4.05. The summed E-state index contributed by atoms with van der Waals surface area (Å²) in [5, 5.41) is 3.69. The molecular weight excluding hydrogens is 461 g/mol. The first-order valence-electron chi connectivity index (χ1n) is 11.5. The number of hydrogen-bond donors (Lipinski definition) is 2. The van der Waals surface area contributed by atoms with E-state index in [0.29, 0.717) is 5.56 Å². The van der Waals surface area contributed by atoms with Gasteiger partial charge in [-0.05, 0) is 34.9 Å². The van der Waals surface area contributed by atoms with Gasteiger partial charge in [-0.15, -0.1) is 0 Å². The Bertz CT molecular complexity index is 1340. The number of aromatic nitrogens is 1. The maximum Gasteiger partial charge on any atom is 0.408 e. The standard InChI is InChI=1S/C28H28FN3O4/c1-32(17-20-12-13-26(35-2)23(29)14-20)27(33)25(15-21-16-30-24-11-7-6-10-22(21)24)31-28(34)36-18-19-8-4-3-5-9-19/h3-14,16,25,30H,15,17-18H2,1-2H3,(H,31,34)/t25-/m0/s1. The minimum atomic E-state index is -0.888. The number of nitrogens with zero attached hydrogens (tertiary/aromatic N) is 1. The molecule has 7 nitrogen and oxygen atoms in total. The van der Waals surface area contributed by atoms with Crippen LogP contribution in [0.25, 0.3) is 10.9 Å². The normalized spacial score (nSPS) is 11.6. The Kier molecular flexibility index (Phi) is 7.85. The van der Waals surface area contributed by atoms with Crippen LogP contribution >= 0.6 is 0 Å². The van der Waals surface area contributed by atoms with Crippen molar-refractivity contribution in [3.63, 3.8) is 0 Å². The highest BCUT2D eigenvalue weighted by Crippen LogP contribution is 2.21. The number of para-hydroxylation sites is 1. The maximum absolute atomic E-state index is 14.2. The van der Waals surface area contributed by atoms with Crippen LogP contribution in [-0.2, 0) is 29.1 Å². The van der Waals surface area contributed by atoms with Crippen LogP contribution in [0.1, 0.15) is 16.7 Å². The number of benzene rings is 3. The van der Waals surface area contributed by atoms with Crippen molar-refractivity contribution in [3.05, 3.63) is 102 Å². The lowest BCUT2D eigenvalue weighted by molar-refractivity contribution is -0.132. The topological polar surface area (TPSA) is 83.7 Å². The van der Waals surface area contributed by atoms with E-state index in [1.807, 2.05) is 60.8 Å². The third kappa shape index (κ3) is 6.02. The predicted octanol–water partition coefficient (Wildman–Crippen LogP) is 4.81. The molecule has 8 heteroatoms. The van der Waals surface area contributed by atoms with E-state index in [-0.39, 0.29) is 31.2 Å². The van der Waals surface area contributed by atoms with E-state index in [4.69, 9.17) is 9.47 Å². The van der Waals surface area contributed by atoms with Crippen molar-refractivity contribution >= 4 is 22.9 Å². The number of hydrogen-bond acceptors (Lipinski definition) is 4. The lowest BCUT2D eigenvalue weighted by atomic mass is 10.0. The first-order chi connectivity index (χ1) is 17.4. The number of nitrogens with one attached hydrogen (secondary N) is 2. The van der Waals surface area contributed by atoms with Crippen molar-refractivity contribution in [1.82, 2.24) is 15.2 Å². The van der Waals surface area contributed by atoms with Gasteiger partial charge in [-0.3, -0.25) is 4.79 Å². The fraction of sp³-hybridized carbons (Fsp3) is 0.214. The summed E-state index contributed by atoms with van der Waals surface area (Å²) in [6, 6.07) is 20.7. The molecule has 3 aromatic carbocycles. The molecule has 1 aromatic heterocycles. The van der Waals surface area contributed by atoms with Gasteiger partial charge < -0.3 is 24.7 Å².